The van der Waals surface area contributed by atoms with Crippen molar-refractivity contribution in [3.8, 4) is 0 Å². The minimum atomic E-state index is -0.0425. The van der Waals surface area contributed by atoms with E-state index in [0.29, 0.717) is 11.6 Å². The van der Waals surface area contributed by atoms with E-state index in [1.54, 1.807) is 6.20 Å². The van der Waals surface area contributed by atoms with Crippen LogP contribution in [0.15, 0.2) is 17.6 Å². The predicted octanol–water partition coefficient (Wildman–Crippen LogP) is 1.98. The molecule has 7 heteroatoms. The maximum absolute atomic E-state index is 11.7. The summed E-state index contributed by atoms with van der Waals surface area (Å²) in [5.41, 5.74) is 3.60. The first-order valence-electron chi connectivity index (χ1n) is 4.93. The zero-order chi connectivity index (χ0) is 12.3. The van der Waals surface area contributed by atoms with Crippen molar-refractivity contribution in [2.45, 2.75) is 13.3 Å². The smallest absolute Gasteiger partial charge is 0.230 e. The van der Waals surface area contributed by atoms with Crippen LogP contribution >= 0.6 is 22.7 Å². The van der Waals surface area contributed by atoms with Crippen molar-refractivity contribution in [1.82, 2.24) is 4.98 Å². The zero-order valence-electron chi connectivity index (χ0n) is 9.19. The van der Waals surface area contributed by atoms with E-state index in [4.69, 9.17) is 5.84 Å². The van der Waals surface area contributed by atoms with E-state index >= 15 is 0 Å². The first kappa shape index (κ1) is 12.0. The van der Waals surface area contributed by atoms with Crippen LogP contribution in [0.1, 0.15) is 10.4 Å². The molecule has 2 heterocycles. The Balaban J connectivity index is 1.93. The van der Waals surface area contributed by atoms with Crippen LogP contribution in [-0.2, 0) is 11.2 Å². The van der Waals surface area contributed by atoms with Gasteiger partial charge in [0.05, 0.1) is 11.4 Å². The number of carbonyl (C=O) groups is 1. The number of nitrogens with two attached hydrogens (primary N) is 1. The van der Waals surface area contributed by atoms with Crippen LogP contribution in [0.25, 0.3) is 0 Å². The second-order valence-electron chi connectivity index (χ2n) is 3.49. The van der Waals surface area contributed by atoms with Gasteiger partial charge < -0.3 is 5.32 Å². The molecule has 2 aromatic rings. The van der Waals surface area contributed by atoms with Crippen molar-refractivity contribution in [3.63, 3.8) is 0 Å². The number of thiophene rings is 1. The molecule has 0 aromatic carbocycles. The number of nitrogens with zero attached hydrogens (tertiary/aromatic N) is 1. The monoisotopic (exact) mass is 268 g/mol. The summed E-state index contributed by atoms with van der Waals surface area (Å²) >= 11 is 2.89. The lowest BCUT2D eigenvalue weighted by Crippen LogP contribution is -2.12. The fourth-order valence-corrected chi connectivity index (χ4v) is 2.82. The number of hydrogen-bond acceptors (Lipinski definition) is 6. The highest BCUT2D eigenvalue weighted by atomic mass is 32.1. The molecular formula is C10H12N4OS2. The molecule has 0 spiro atoms. The van der Waals surface area contributed by atoms with Crippen molar-refractivity contribution < 1.29 is 4.79 Å². The molecule has 0 aliphatic carbocycles. The van der Waals surface area contributed by atoms with Crippen LogP contribution < -0.4 is 16.6 Å². The third-order valence-electron chi connectivity index (χ3n) is 2.00. The lowest BCUT2D eigenvalue weighted by atomic mass is 10.3. The van der Waals surface area contributed by atoms with E-state index in [9.17, 15) is 4.79 Å². The lowest BCUT2D eigenvalue weighted by Gasteiger charge is -1.99. The highest BCUT2D eigenvalue weighted by Crippen LogP contribution is 2.21. The maximum Gasteiger partial charge on any atom is 0.230 e. The van der Waals surface area contributed by atoms with Gasteiger partial charge in [-0.05, 0) is 23.9 Å². The molecule has 0 unspecified atom stereocenters. The van der Waals surface area contributed by atoms with Gasteiger partial charge in [-0.25, -0.2) is 10.8 Å². The standard InChI is InChI=1S/C10H12N4OS2/c1-6-2-9(16-5-6)13-8(15)3-7-4-12-10(14-11)17-7/h2,4-5H,3,11H2,1H3,(H,12,14)(H,13,15). The third kappa shape index (κ3) is 3.26. The highest BCUT2D eigenvalue weighted by Gasteiger charge is 2.08. The number of rotatable bonds is 4. The van der Waals surface area contributed by atoms with Crippen molar-refractivity contribution in [2.75, 3.05) is 10.7 Å². The summed E-state index contributed by atoms with van der Waals surface area (Å²) in [6.45, 7) is 1.99. The molecule has 90 valence electrons. The Kier molecular flexibility index (Phi) is 3.72. The Hall–Kier alpha value is -1.44. The quantitative estimate of drug-likeness (QED) is 0.585. The number of amides is 1. The fraction of sp³-hybridized carbons (Fsp3) is 0.200. The molecule has 2 rings (SSSR count). The molecule has 0 aliphatic heterocycles. The summed E-state index contributed by atoms with van der Waals surface area (Å²) in [6.07, 6.45) is 1.97. The molecule has 0 fully saturated rings. The van der Waals surface area contributed by atoms with E-state index < -0.39 is 0 Å². The van der Waals surface area contributed by atoms with Crippen molar-refractivity contribution in [3.05, 3.63) is 28.1 Å². The molecule has 4 N–H and O–H groups in total. The first-order valence-corrected chi connectivity index (χ1v) is 6.63. The van der Waals surface area contributed by atoms with Crippen LogP contribution in [0.4, 0.5) is 10.1 Å². The molecule has 0 radical (unpaired) electrons. The zero-order valence-corrected chi connectivity index (χ0v) is 10.8. The van der Waals surface area contributed by atoms with Crippen molar-refractivity contribution in [1.29, 1.82) is 0 Å². The van der Waals surface area contributed by atoms with E-state index in [0.717, 1.165) is 15.4 Å². The molecule has 0 bridgehead atoms. The Morgan fingerprint density at radius 3 is 3.00 bits per heavy atom. The first-order chi connectivity index (χ1) is 8.17. The van der Waals surface area contributed by atoms with Crippen LogP contribution in [0, 0.1) is 6.92 Å². The van der Waals surface area contributed by atoms with Crippen LogP contribution in [0.2, 0.25) is 0 Å². The molecule has 0 aliphatic rings. The molecular weight excluding hydrogens is 256 g/mol. The second-order valence-corrected chi connectivity index (χ2v) is 5.52. The van der Waals surface area contributed by atoms with Crippen molar-refractivity contribution in [2.24, 2.45) is 5.84 Å². The Morgan fingerprint density at radius 2 is 2.41 bits per heavy atom. The molecule has 0 saturated carbocycles. The summed E-state index contributed by atoms with van der Waals surface area (Å²) in [7, 11) is 0. The third-order valence-corrected chi connectivity index (χ3v) is 3.90. The predicted molar refractivity (Wildman–Crippen MR) is 71.3 cm³/mol. The number of hydrogen-bond donors (Lipinski definition) is 3. The topological polar surface area (TPSA) is 80.0 Å². The summed E-state index contributed by atoms with van der Waals surface area (Å²) in [5, 5.41) is 6.32. The van der Waals surface area contributed by atoms with Gasteiger partial charge in [-0.3, -0.25) is 10.2 Å². The van der Waals surface area contributed by atoms with Gasteiger partial charge >= 0.3 is 0 Å². The summed E-state index contributed by atoms with van der Waals surface area (Å²) in [6, 6.07) is 1.95. The number of hydrazine groups is 1. The summed E-state index contributed by atoms with van der Waals surface area (Å²) in [4.78, 5) is 16.6. The van der Waals surface area contributed by atoms with Gasteiger partial charge in [0.25, 0.3) is 0 Å². The SMILES string of the molecule is Cc1csc(NC(=O)Cc2cnc(NN)s2)c1. The van der Waals surface area contributed by atoms with Gasteiger partial charge in [-0.1, -0.05) is 0 Å². The Morgan fingerprint density at radius 1 is 1.59 bits per heavy atom. The molecule has 1 amide bonds. The van der Waals surface area contributed by atoms with Gasteiger partial charge in [0.2, 0.25) is 5.91 Å². The number of nitrogens with one attached hydrogen (secondary N) is 2. The average molecular weight is 268 g/mol. The largest absolute Gasteiger partial charge is 0.317 e. The van der Waals surface area contributed by atoms with Crippen molar-refractivity contribution >= 4 is 38.7 Å². The van der Waals surface area contributed by atoms with E-state index in [-0.39, 0.29) is 5.91 Å². The molecule has 5 nitrogen and oxygen atoms in total. The van der Waals surface area contributed by atoms with E-state index in [1.807, 2.05) is 18.4 Å². The number of aryl methyl sites for hydroxylation is 1. The number of carbonyl (C=O) groups excluding carboxylic acids is 1. The Bertz CT molecular complexity index is 520. The molecule has 0 saturated heterocycles. The van der Waals surface area contributed by atoms with Gasteiger partial charge in [-0.2, -0.15) is 0 Å². The molecule has 2 aromatic heterocycles. The van der Waals surface area contributed by atoms with Gasteiger partial charge in [0.1, 0.15) is 0 Å². The van der Waals surface area contributed by atoms with Crippen LogP contribution in [-0.4, -0.2) is 10.9 Å². The number of thiazole rings is 1. The van der Waals surface area contributed by atoms with Gasteiger partial charge in [-0.15, -0.1) is 22.7 Å². The normalized spacial score (nSPS) is 10.2. The molecule has 0 atom stereocenters. The van der Waals surface area contributed by atoms with Crippen LogP contribution in [0.5, 0.6) is 0 Å². The maximum atomic E-state index is 11.7. The minimum absolute atomic E-state index is 0.0425. The second kappa shape index (κ2) is 5.26. The van der Waals surface area contributed by atoms with E-state index in [2.05, 4.69) is 15.7 Å². The summed E-state index contributed by atoms with van der Waals surface area (Å²) in [5.74, 6) is 5.18. The number of anilines is 2. The Labute approximate surface area is 107 Å². The number of nitrogen functional groups attached to an aromatic ring is 1. The van der Waals surface area contributed by atoms with Crippen LogP contribution in [0.3, 0.4) is 0 Å². The van der Waals surface area contributed by atoms with Gasteiger partial charge in [0.15, 0.2) is 5.13 Å². The number of aromatic nitrogens is 1. The fourth-order valence-electron chi connectivity index (χ4n) is 1.29. The lowest BCUT2D eigenvalue weighted by molar-refractivity contribution is -0.115. The van der Waals surface area contributed by atoms with E-state index in [1.165, 1.54) is 22.7 Å². The molecule has 17 heavy (non-hydrogen) atoms. The summed E-state index contributed by atoms with van der Waals surface area (Å²) < 4.78 is 0. The minimum Gasteiger partial charge on any atom is -0.317 e. The average Bonchev–Trinajstić information content (AvgIpc) is 2.88. The highest BCUT2D eigenvalue weighted by molar-refractivity contribution is 7.15. The van der Waals surface area contributed by atoms with Gasteiger partial charge in [0, 0.05) is 11.1 Å².